The van der Waals surface area contributed by atoms with Crippen LogP contribution in [0, 0.1) is 0 Å². The van der Waals surface area contributed by atoms with Crippen molar-refractivity contribution >= 4 is 17.9 Å². The third-order valence-electron chi connectivity index (χ3n) is 3.64. The Kier molecular flexibility index (Phi) is 5.64. The van der Waals surface area contributed by atoms with Gasteiger partial charge in [-0.1, -0.05) is 6.07 Å². The molecule has 0 radical (unpaired) electrons. The van der Waals surface area contributed by atoms with E-state index in [1.165, 1.54) is 7.11 Å². The van der Waals surface area contributed by atoms with Gasteiger partial charge in [-0.25, -0.2) is 9.78 Å². The van der Waals surface area contributed by atoms with Crippen LogP contribution in [0.25, 0.3) is 0 Å². The largest absolute Gasteiger partial charge is 0.469 e. The molecule has 0 bridgehead atoms. The lowest BCUT2D eigenvalue weighted by Gasteiger charge is -2.36. The maximum Gasteiger partial charge on any atom is 0.410 e. The molecule has 2 rings (SSSR count). The number of nitrogens with zero attached hydrogens (tertiary/aromatic N) is 3. The molecule has 1 amide bonds. The summed E-state index contributed by atoms with van der Waals surface area (Å²) in [5, 5.41) is 0. The summed E-state index contributed by atoms with van der Waals surface area (Å²) >= 11 is 0. The number of carbonyl (C=O) groups excluding carboxylic acids is 2. The van der Waals surface area contributed by atoms with Crippen LogP contribution in [0.2, 0.25) is 0 Å². The van der Waals surface area contributed by atoms with Gasteiger partial charge in [-0.2, -0.15) is 0 Å². The summed E-state index contributed by atoms with van der Waals surface area (Å²) in [6, 6.07) is 3.76. The van der Waals surface area contributed by atoms with Gasteiger partial charge < -0.3 is 19.3 Å². The number of hydrogen-bond donors (Lipinski definition) is 0. The van der Waals surface area contributed by atoms with Crippen LogP contribution in [-0.2, 0) is 20.7 Å². The Morgan fingerprint density at radius 1 is 1.17 bits per heavy atom. The average molecular weight is 335 g/mol. The average Bonchev–Trinajstić information content (AvgIpc) is 2.54. The lowest BCUT2D eigenvalue weighted by atomic mass is 10.2. The Hall–Kier alpha value is -2.31. The maximum absolute atomic E-state index is 12.1. The van der Waals surface area contributed by atoms with Crippen LogP contribution in [0.1, 0.15) is 26.3 Å². The number of hydrogen-bond acceptors (Lipinski definition) is 6. The molecule has 0 saturated carbocycles. The van der Waals surface area contributed by atoms with Crippen LogP contribution in [0.15, 0.2) is 18.3 Å². The van der Waals surface area contributed by atoms with Gasteiger partial charge in [0.1, 0.15) is 11.4 Å². The van der Waals surface area contributed by atoms with Gasteiger partial charge in [0.25, 0.3) is 0 Å². The molecule has 7 heteroatoms. The number of pyridine rings is 1. The van der Waals surface area contributed by atoms with E-state index in [2.05, 4.69) is 14.6 Å². The minimum atomic E-state index is -0.481. The van der Waals surface area contributed by atoms with Gasteiger partial charge in [0.2, 0.25) is 0 Å². The van der Waals surface area contributed by atoms with Gasteiger partial charge in [-0.05, 0) is 32.4 Å². The lowest BCUT2D eigenvalue weighted by molar-refractivity contribution is -0.139. The Morgan fingerprint density at radius 3 is 2.33 bits per heavy atom. The number of anilines is 1. The highest BCUT2D eigenvalue weighted by Crippen LogP contribution is 2.16. The molecule has 0 N–H and O–H groups in total. The highest BCUT2D eigenvalue weighted by Gasteiger charge is 2.26. The molecule has 0 aliphatic carbocycles. The molecule has 0 atom stereocenters. The van der Waals surface area contributed by atoms with E-state index in [0.717, 1.165) is 11.4 Å². The first kappa shape index (κ1) is 18.0. The fourth-order valence-corrected chi connectivity index (χ4v) is 2.39. The third kappa shape index (κ3) is 5.11. The minimum Gasteiger partial charge on any atom is -0.469 e. The molecule has 0 spiro atoms. The quantitative estimate of drug-likeness (QED) is 0.785. The maximum atomic E-state index is 12.1. The van der Waals surface area contributed by atoms with Gasteiger partial charge >= 0.3 is 12.1 Å². The molecule has 1 aromatic rings. The van der Waals surface area contributed by atoms with Gasteiger partial charge in [0.05, 0.1) is 13.5 Å². The van der Waals surface area contributed by atoms with Crippen molar-refractivity contribution in [3.05, 3.63) is 23.9 Å². The van der Waals surface area contributed by atoms with Crippen molar-refractivity contribution in [1.82, 2.24) is 9.88 Å². The third-order valence-corrected chi connectivity index (χ3v) is 3.64. The molecular formula is C17H25N3O4. The van der Waals surface area contributed by atoms with E-state index in [1.54, 1.807) is 11.1 Å². The van der Waals surface area contributed by atoms with Gasteiger partial charge in [0, 0.05) is 32.4 Å². The summed E-state index contributed by atoms with van der Waals surface area (Å²) in [6.45, 7) is 8.18. The van der Waals surface area contributed by atoms with Crippen molar-refractivity contribution in [3.8, 4) is 0 Å². The summed E-state index contributed by atoms with van der Waals surface area (Å²) in [4.78, 5) is 31.5. The minimum absolute atomic E-state index is 0.218. The number of rotatable bonds is 3. The van der Waals surface area contributed by atoms with E-state index >= 15 is 0 Å². The van der Waals surface area contributed by atoms with Gasteiger partial charge in [0.15, 0.2) is 0 Å². The van der Waals surface area contributed by atoms with E-state index in [9.17, 15) is 9.59 Å². The second-order valence-electron chi connectivity index (χ2n) is 6.73. The fraction of sp³-hybridized carbons (Fsp3) is 0.588. The highest BCUT2D eigenvalue weighted by atomic mass is 16.6. The van der Waals surface area contributed by atoms with E-state index in [1.807, 2.05) is 32.9 Å². The van der Waals surface area contributed by atoms with Crippen LogP contribution in [0.5, 0.6) is 0 Å². The molecule has 132 valence electrons. The topological polar surface area (TPSA) is 72.0 Å². The van der Waals surface area contributed by atoms with Crippen molar-refractivity contribution < 1.29 is 19.1 Å². The van der Waals surface area contributed by atoms with E-state index < -0.39 is 5.60 Å². The zero-order valence-corrected chi connectivity index (χ0v) is 14.7. The van der Waals surface area contributed by atoms with E-state index in [4.69, 9.17) is 4.74 Å². The summed E-state index contributed by atoms with van der Waals surface area (Å²) in [5.41, 5.74) is 0.337. The number of carbonyl (C=O) groups is 2. The zero-order chi connectivity index (χ0) is 17.7. The second kappa shape index (κ2) is 7.51. The number of esters is 1. The van der Waals surface area contributed by atoms with Crippen LogP contribution in [-0.4, -0.2) is 60.8 Å². The molecule has 1 saturated heterocycles. The molecule has 0 aromatic carbocycles. The van der Waals surface area contributed by atoms with Crippen LogP contribution in [0.3, 0.4) is 0 Å². The summed E-state index contributed by atoms with van der Waals surface area (Å²) in [5.74, 6) is 0.558. The summed E-state index contributed by atoms with van der Waals surface area (Å²) in [7, 11) is 1.37. The Morgan fingerprint density at radius 2 is 1.83 bits per heavy atom. The predicted molar refractivity (Wildman–Crippen MR) is 90.0 cm³/mol. The number of amides is 1. The molecule has 2 heterocycles. The first-order valence-corrected chi connectivity index (χ1v) is 8.03. The van der Waals surface area contributed by atoms with Crippen molar-refractivity contribution in [1.29, 1.82) is 0 Å². The first-order chi connectivity index (χ1) is 11.3. The standard InChI is InChI=1S/C17H25N3O4/c1-17(2,3)24-16(22)20-9-7-19(8-10-20)14-6-5-13(12-18-14)11-15(21)23-4/h5-6,12H,7-11H2,1-4H3. The molecule has 7 nitrogen and oxygen atoms in total. The second-order valence-corrected chi connectivity index (χ2v) is 6.73. The molecule has 0 unspecified atom stereocenters. The Bertz CT molecular complexity index is 572. The van der Waals surface area contributed by atoms with Crippen molar-refractivity contribution in [2.24, 2.45) is 0 Å². The fourth-order valence-electron chi connectivity index (χ4n) is 2.39. The van der Waals surface area contributed by atoms with Crippen molar-refractivity contribution in [3.63, 3.8) is 0 Å². The Balaban J connectivity index is 1.88. The molecule has 24 heavy (non-hydrogen) atoms. The molecular weight excluding hydrogens is 310 g/mol. The first-order valence-electron chi connectivity index (χ1n) is 8.03. The number of methoxy groups -OCH3 is 1. The van der Waals surface area contributed by atoms with Gasteiger partial charge in [-0.15, -0.1) is 0 Å². The van der Waals surface area contributed by atoms with Crippen LogP contribution < -0.4 is 4.90 Å². The summed E-state index contributed by atoms with van der Waals surface area (Å²) in [6.07, 6.45) is 1.63. The number of ether oxygens (including phenoxy) is 2. The van der Waals surface area contributed by atoms with Crippen molar-refractivity contribution in [2.45, 2.75) is 32.8 Å². The number of piperazine rings is 1. The normalized spacial score (nSPS) is 15.2. The van der Waals surface area contributed by atoms with Gasteiger partial charge in [-0.3, -0.25) is 4.79 Å². The van der Waals surface area contributed by atoms with Crippen molar-refractivity contribution in [2.75, 3.05) is 38.2 Å². The van der Waals surface area contributed by atoms with Crippen LogP contribution >= 0.6 is 0 Å². The SMILES string of the molecule is COC(=O)Cc1ccc(N2CCN(C(=O)OC(C)(C)C)CC2)nc1. The predicted octanol–water partition coefficient (Wildman–Crippen LogP) is 1.85. The molecule has 1 aliphatic rings. The Labute approximate surface area is 142 Å². The van der Waals surface area contributed by atoms with E-state index in [-0.39, 0.29) is 18.5 Å². The molecule has 1 aromatic heterocycles. The highest BCUT2D eigenvalue weighted by molar-refractivity contribution is 5.72. The van der Waals surface area contributed by atoms with E-state index in [0.29, 0.717) is 26.2 Å². The number of aromatic nitrogens is 1. The molecule has 1 fully saturated rings. The zero-order valence-electron chi connectivity index (χ0n) is 14.7. The lowest BCUT2D eigenvalue weighted by Crippen LogP contribution is -2.50. The smallest absolute Gasteiger partial charge is 0.410 e. The van der Waals surface area contributed by atoms with Crippen LogP contribution in [0.4, 0.5) is 10.6 Å². The molecule has 1 aliphatic heterocycles. The monoisotopic (exact) mass is 335 g/mol. The summed E-state index contributed by atoms with van der Waals surface area (Å²) < 4.78 is 10.0.